The van der Waals surface area contributed by atoms with E-state index in [4.69, 9.17) is 9.68 Å². The van der Waals surface area contributed by atoms with Gasteiger partial charge in [-0.05, 0) is 30.4 Å². The molecule has 0 atom stereocenters. The maximum atomic E-state index is 12.9. The van der Waals surface area contributed by atoms with E-state index in [1.807, 2.05) is 31.2 Å². The van der Waals surface area contributed by atoms with Gasteiger partial charge >= 0.3 is 6.18 Å². The van der Waals surface area contributed by atoms with Crippen molar-refractivity contribution in [2.45, 2.75) is 26.6 Å². The third-order valence-electron chi connectivity index (χ3n) is 3.73. The Balaban J connectivity index is 2.16. The Labute approximate surface area is 166 Å². The van der Waals surface area contributed by atoms with Crippen LogP contribution in [0.15, 0.2) is 58.8 Å². The van der Waals surface area contributed by atoms with Crippen molar-refractivity contribution in [3.05, 3.63) is 70.8 Å². The molecule has 28 heavy (non-hydrogen) atoms. The van der Waals surface area contributed by atoms with Crippen LogP contribution < -0.4 is 0 Å². The number of benzene rings is 2. The van der Waals surface area contributed by atoms with E-state index >= 15 is 0 Å². The van der Waals surface area contributed by atoms with Crippen LogP contribution in [-0.2, 0) is 22.5 Å². The summed E-state index contributed by atoms with van der Waals surface area (Å²) in [6.45, 7) is 3.77. The van der Waals surface area contributed by atoms with E-state index in [0.29, 0.717) is 11.3 Å². The standard InChI is InChI=1S/C20H21F3N2O2S/c1-4-28-19(25-26-3)18-11-6-5-8-16(18)13-27-24-14(2)15-9-7-10-17(12-15)20(21,22)23/h5-12H,4,13H2,1-3H3. The van der Waals surface area contributed by atoms with Crippen LogP contribution in [0.3, 0.4) is 0 Å². The molecule has 0 saturated carbocycles. The van der Waals surface area contributed by atoms with Gasteiger partial charge in [0.15, 0.2) is 0 Å². The van der Waals surface area contributed by atoms with Crippen molar-refractivity contribution in [3.63, 3.8) is 0 Å². The van der Waals surface area contributed by atoms with Gasteiger partial charge in [0.1, 0.15) is 18.8 Å². The molecule has 0 fully saturated rings. The molecule has 4 nitrogen and oxygen atoms in total. The normalized spacial score (nSPS) is 12.8. The second-order valence-corrected chi connectivity index (χ2v) is 6.95. The van der Waals surface area contributed by atoms with Crippen molar-refractivity contribution in [2.24, 2.45) is 10.3 Å². The molecule has 8 heteroatoms. The van der Waals surface area contributed by atoms with Crippen LogP contribution in [0, 0.1) is 0 Å². The van der Waals surface area contributed by atoms with Crippen molar-refractivity contribution in [2.75, 3.05) is 12.9 Å². The summed E-state index contributed by atoms with van der Waals surface area (Å²) in [5.41, 5.74) is 1.70. The first-order valence-electron chi connectivity index (χ1n) is 8.53. The zero-order chi connectivity index (χ0) is 20.6. The minimum Gasteiger partial charge on any atom is -0.398 e. The predicted molar refractivity (Wildman–Crippen MR) is 107 cm³/mol. The lowest BCUT2D eigenvalue weighted by atomic mass is 10.1. The highest BCUT2D eigenvalue weighted by Gasteiger charge is 2.30. The summed E-state index contributed by atoms with van der Waals surface area (Å²) in [4.78, 5) is 10.3. The van der Waals surface area contributed by atoms with E-state index in [1.165, 1.54) is 24.9 Å². The lowest BCUT2D eigenvalue weighted by Gasteiger charge is -2.11. The summed E-state index contributed by atoms with van der Waals surface area (Å²) in [7, 11) is 1.48. The van der Waals surface area contributed by atoms with Gasteiger partial charge < -0.3 is 9.68 Å². The van der Waals surface area contributed by atoms with Crippen molar-refractivity contribution < 1.29 is 22.8 Å². The number of alkyl halides is 3. The number of hydrogen-bond acceptors (Lipinski definition) is 5. The quantitative estimate of drug-likeness (QED) is 0.334. The molecule has 0 heterocycles. The summed E-state index contributed by atoms with van der Waals surface area (Å²) in [5, 5.41) is 8.75. The van der Waals surface area contributed by atoms with Gasteiger partial charge in [-0.2, -0.15) is 13.2 Å². The van der Waals surface area contributed by atoms with Crippen LogP contribution in [-0.4, -0.2) is 23.6 Å². The molecule has 2 aromatic carbocycles. The van der Waals surface area contributed by atoms with E-state index < -0.39 is 11.7 Å². The van der Waals surface area contributed by atoms with Crippen LogP contribution in [0.4, 0.5) is 13.2 Å². The number of halogens is 3. The Kier molecular flexibility index (Phi) is 7.92. The van der Waals surface area contributed by atoms with Crippen molar-refractivity contribution >= 4 is 22.5 Å². The van der Waals surface area contributed by atoms with Gasteiger partial charge in [0, 0.05) is 11.1 Å². The average molecular weight is 410 g/mol. The fourth-order valence-electron chi connectivity index (χ4n) is 2.40. The van der Waals surface area contributed by atoms with E-state index in [1.54, 1.807) is 13.0 Å². The molecule has 0 bridgehead atoms. The first-order valence-corrected chi connectivity index (χ1v) is 9.51. The van der Waals surface area contributed by atoms with Crippen LogP contribution in [0.2, 0.25) is 0 Å². The van der Waals surface area contributed by atoms with Crippen LogP contribution >= 0.6 is 11.8 Å². The van der Waals surface area contributed by atoms with Crippen LogP contribution in [0.5, 0.6) is 0 Å². The highest BCUT2D eigenvalue weighted by atomic mass is 32.2. The van der Waals surface area contributed by atoms with Crippen molar-refractivity contribution in [3.8, 4) is 0 Å². The van der Waals surface area contributed by atoms with Gasteiger partial charge in [0.05, 0.1) is 11.3 Å². The Morgan fingerprint density at radius 1 is 1.07 bits per heavy atom. The number of hydrogen-bond donors (Lipinski definition) is 0. The molecule has 0 N–H and O–H groups in total. The summed E-state index contributed by atoms with van der Waals surface area (Å²) in [6, 6.07) is 12.5. The molecule has 0 aliphatic heterocycles. The lowest BCUT2D eigenvalue weighted by molar-refractivity contribution is -0.137. The molecule has 0 aliphatic carbocycles. The molecule has 0 unspecified atom stereocenters. The fourth-order valence-corrected chi connectivity index (χ4v) is 3.15. The highest BCUT2D eigenvalue weighted by Crippen LogP contribution is 2.29. The van der Waals surface area contributed by atoms with Gasteiger partial charge in [-0.25, -0.2) is 0 Å². The molecule has 0 spiro atoms. The third kappa shape index (κ3) is 6.02. The van der Waals surface area contributed by atoms with Gasteiger partial charge in [0.25, 0.3) is 0 Å². The number of oxime groups is 2. The third-order valence-corrected chi connectivity index (χ3v) is 4.59. The van der Waals surface area contributed by atoms with E-state index in [2.05, 4.69) is 10.3 Å². The highest BCUT2D eigenvalue weighted by molar-refractivity contribution is 8.14. The molecule has 0 aromatic heterocycles. The minimum atomic E-state index is -4.40. The number of thioether (sulfide) groups is 1. The number of nitrogens with zero attached hydrogens (tertiary/aromatic N) is 2. The summed E-state index contributed by atoms with van der Waals surface area (Å²) < 4.78 is 38.6. The van der Waals surface area contributed by atoms with Gasteiger partial charge in [-0.1, -0.05) is 53.6 Å². The van der Waals surface area contributed by atoms with Gasteiger partial charge in [0.2, 0.25) is 0 Å². The molecule has 0 aliphatic rings. The largest absolute Gasteiger partial charge is 0.416 e. The Morgan fingerprint density at radius 2 is 1.82 bits per heavy atom. The van der Waals surface area contributed by atoms with Crippen LogP contribution in [0.25, 0.3) is 0 Å². The topological polar surface area (TPSA) is 43.2 Å². The van der Waals surface area contributed by atoms with Crippen molar-refractivity contribution in [1.82, 2.24) is 0 Å². The van der Waals surface area contributed by atoms with E-state index in [9.17, 15) is 13.2 Å². The predicted octanol–water partition coefficient (Wildman–Crippen LogP) is 5.71. The average Bonchev–Trinajstić information content (AvgIpc) is 2.67. The SMILES string of the molecule is CCSC(=NOC)c1ccccc1CON=C(C)c1cccc(C(F)(F)F)c1. The lowest BCUT2D eigenvalue weighted by Crippen LogP contribution is -2.07. The van der Waals surface area contributed by atoms with E-state index in [-0.39, 0.29) is 6.61 Å². The first kappa shape index (κ1) is 21.8. The molecule has 0 saturated heterocycles. The van der Waals surface area contributed by atoms with Crippen molar-refractivity contribution in [1.29, 1.82) is 0 Å². The molecule has 150 valence electrons. The molecule has 2 aromatic rings. The van der Waals surface area contributed by atoms with Gasteiger partial charge in [-0.15, -0.1) is 11.8 Å². The fraction of sp³-hybridized carbons (Fsp3) is 0.300. The maximum Gasteiger partial charge on any atom is 0.416 e. The Hall–Kier alpha value is -2.48. The smallest absolute Gasteiger partial charge is 0.398 e. The molecular formula is C20H21F3N2O2S. The molecule has 0 radical (unpaired) electrons. The second kappa shape index (κ2) is 10.2. The second-order valence-electron chi connectivity index (χ2n) is 5.70. The summed E-state index contributed by atoms with van der Waals surface area (Å²) >= 11 is 1.54. The monoisotopic (exact) mass is 410 g/mol. The molecular weight excluding hydrogens is 389 g/mol. The zero-order valence-electron chi connectivity index (χ0n) is 15.8. The molecule has 2 rings (SSSR count). The van der Waals surface area contributed by atoms with Crippen LogP contribution in [0.1, 0.15) is 36.1 Å². The summed E-state index contributed by atoms with van der Waals surface area (Å²) in [5.74, 6) is 0.824. The number of rotatable bonds is 7. The maximum absolute atomic E-state index is 12.9. The Bertz CT molecular complexity index is 851. The minimum absolute atomic E-state index is 0.152. The van der Waals surface area contributed by atoms with E-state index in [0.717, 1.165) is 34.1 Å². The molecule has 0 amide bonds. The summed E-state index contributed by atoms with van der Waals surface area (Å²) in [6.07, 6.45) is -4.40. The van der Waals surface area contributed by atoms with Gasteiger partial charge in [-0.3, -0.25) is 0 Å². The zero-order valence-corrected chi connectivity index (χ0v) is 16.6. The Morgan fingerprint density at radius 3 is 2.50 bits per heavy atom. The first-order chi connectivity index (χ1) is 13.4.